The van der Waals surface area contributed by atoms with Crippen LogP contribution >= 0.6 is 47.8 Å². The molecule has 0 spiro atoms. The molecular formula is C9H13Br3N4O3S. The number of rotatable bonds is 3. The number of nitrogens with one attached hydrogen (secondary N) is 1. The third kappa shape index (κ3) is 3.83. The van der Waals surface area contributed by atoms with E-state index in [0.29, 0.717) is 0 Å². The third-order valence-corrected chi connectivity index (χ3v) is 6.46. The van der Waals surface area contributed by atoms with Crippen LogP contribution in [0, 0.1) is 5.41 Å². The van der Waals surface area contributed by atoms with Gasteiger partial charge in [-0.3, -0.25) is 5.41 Å². The third-order valence-electron chi connectivity index (χ3n) is 1.78. The molecule has 0 fully saturated rings. The molecule has 0 radical (unpaired) electrons. The summed E-state index contributed by atoms with van der Waals surface area (Å²) in [6, 6.07) is 0. The van der Waals surface area contributed by atoms with Gasteiger partial charge in [-0.1, -0.05) is 13.8 Å². The van der Waals surface area contributed by atoms with Gasteiger partial charge in [0.15, 0.2) is 9.64 Å². The van der Waals surface area contributed by atoms with Gasteiger partial charge in [-0.15, -0.1) is 0 Å². The number of imidazole rings is 1. The SMILES string of the molecule is C/C(O)=C(/C(=N)N)S(=O)(=O)n1c(Br)nc(Br)c1Br.CC. The van der Waals surface area contributed by atoms with Crippen LogP contribution in [-0.2, 0) is 10.0 Å². The second-order valence-corrected chi connectivity index (χ2v) is 7.00. The predicted molar refractivity (Wildman–Crippen MR) is 88.2 cm³/mol. The van der Waals surface area contributed by atoms with Gasteiger partial charge in [0.2, 0.25) is 0 Å². The molecule has 0 aliphatic rings. The molecule has 11 heteroatoms. The molecule has 1 aromatic rings. The first kappa shape index (κ1) is 19.6. The number of aliphatic hydroxyl groups is 1. The Kier molecular flexibility index (Phi) is 7.42. The summed E-state index contributed by atoms with van der Waals surface area (Å²) in [6.07, 6.45) is 0. The summed E-state index contributed by atoms with van der Waals surface area (Å²) in [6.45, 7) is 5.13. The quantitative estimate of drug-likeness (QED) is 0.337. The van der Waals surface area contributed by atoms with E-state index in [0.717, 1.165) is 10.9 Å². The molecule has 0 saturated carbocycles. The second-order valence-electron chi connectivity index (χ2n) is 3.06. The first-order valence-corrected chi connectivity index (χ1v) is 9.01. The summed E-state index contributed by atoms with van der Waals surface area (Å²) >= 11 is 9.05. The van der Waals surface area contributed by atoms with Crippen molar-refractivity contribution in [3.8, 4) is 0 Å². The zero-order valence-electron chi connectivity index (χ0n) is 10.8. The maximum absolute atomic E-state index is 12.3. The van der Waals surface area contributed by atoms with Crippen molar-refractivity contribution in [2.75, 3.05) is 0 Å². The second kappa shape index (κ2) is 7.57. The number of aromatic nitrogens is 2. The van der Waals surface area contributed by atoms with E-state index in [1.165, 1.54) is 0 Å². The molecule has 0 aromatic carbocycles. The number of halogens is 3. The van der Waals surface area contributed by atoms with Crippen LogP contribution in [0.25, 0.3) is 0 Å². The number of hydrogen-bond acceptors (Lipinski definition) is 5. The number of amidine groups is 1. The highest BCUT2D eigenvalue weighted by Gasteiger charge is 2.31. The minimum atomic E-state index is -4.23. The molecule has 0 amide bonds. The molecule has 1 heterocycles. The van der Waals surface area contributed by atoms with E-state index in [1.54, 1.807) is 0 Å². The van der Waals surface area contributed by atoms with Crippen molar-refractivity contribution in [1.29, 1.82) is 5.41 Å². The lowest BCUT2D eigenvalue weighted by atomic mass is 10.4. The lowest BCUT2D eigenvalue weighted by Crippen LogP contribution is -2.26. The Morgan fingerprint density at radius 3 is 2.05 bits per heavy atom. The van der Waals surface area contributed by atoms with Crippen LogP contribution in [0.5, 0.6) is 0 Å². The maximum Gasteiger partial charge on any atom is 0.277 e. The van der Waals surface area contributed by atoms with Crippen molar-refractivity contribution in [2.24, 2.45) is 5.73 Å². The normalized spacial score (nSPS) is 12.3. The highest BCUT2D eigenvalue weighted by Crippen LogP contribution is 2.31. The van der Waals surface area contributed by atoms with Crippen LogP contribution < -0.4 is 5.73 Å². The van der Waals surface area contributed by atoms with Gasteiger partial charge >= 0.3 is 0 Å². The Morgan fingerprint density at radius 1 is 1.35 bits per heavy atom. The van der Waals surface area contributed by atoms with Crippen molar-refractivity contribution in [3.05, 3.63) is 24.6 Å². The Morgan fingerprint density at radius 2 is 1.80 bits per heavy atom. The summed E-state index contributed by atoms with van der Waals surface area (Å²) < 4.78 is 25.6. The zero-order valence-corrected chi connectivity index (χ0v) is 16.4. The van der Waals surface area contributed by atoms with Crippen LogP contribution in [0.4, 0.5) is 0 Å². The van der Waals surface area contributed by atoms with Gasteiger partial charge in [-0.05, 0) is 54.7 Å². The molecule has 1 aromatic heterocycles. The Bertz CT molecular complexity index is 648. The van der Waals surface area contributed by atoms with Crippen molar-refractivity contribution in [2.45, 2.75) is 20.8 Å². The van der Waals surface area contributed by atoms with Crippen molar-refractivity contribution < 1.29 is 13.5 Å². The Hall–Kier alpha value is -0.390. The number of hydrogen-bond donors (Lipinski definition) is 3. The van der Waals surface area contributed by atoms with E-state index in [4.69, 9.17) is 11.1 Å². The Balaban J connectivity index is 0.00000172. The van der Waals surface area contributed by atoms with Gasteiger partial charge in [-0.2, -0.15) is 0 Å². The van der Waals surface area contributed by atoms with Crippen molar-refractivity contribution >= 4 is 63.6 Å². The molecular weight excluding hydrogens is 484 g/mol. The van der Waals surface area contributed by atoms with E-state index < -0.39 is 26.5 Å². The minimum absolute atomic E-state index is 0.0266. The minimum Gasteiger partial charge on any atom is -0.511 e. The fourth-order valence-electron chi connectivity index (χ4n) is 1.15. The van der Waals surface area contributed by atoms with E-state index in [-0.39, 0.29) is 13.9 Å². The lowest BCUT2D eigenvalue weighted by molar-refractivity contribution is 0.412. The smallest absolute Gasteiger partial charge is 0.277 e. The highest BCUT2D eigenvalue weighted by molar-refractivity contribution is 9.13. The highest BCUT2D eigenvalue weighted by atomic mass is 79.9. The molecule has 4 N–H and O–H groups in total. The summed E-state index contributed by atoms with van der Waals surface area (Å²) in [5, 5.41) is 16.6. The molecule has 0 bridgehead atoms. The Labute approximate surface area is 142 Å². The molecule has 0 atom stereocenters. The van der Waals surface area contributed by atoms with Crippen LogP contribution in [0.2, 0.25) is 0 Å². The lowest BCUT2D eigenvalue weighted by Gasteiger charge is -2.11. The first-order chi connectivity index (χ1) is 9.10. The average Bonchev–Trinajstić information content (AvgIpc) is 2.54. The van der Waals surface area contributed by atoms with Gasteiger partial charge in [0, 0.05) is 0 Å². The molecule has 1 rings (SSSR count). The predicted octanol–water partition coefficient (Wildman–Crippen LogP) is 3.10. The molecule has 0 unspecified atom stereocenters. The van der Waals surface area contributed by atoms with Crippen molar-refractivity contribution in [1.82, 2.24) is 8.96 Å². The van der Waals surface area contributed by atoms with E-state index in [2.05, 4.69) is 52.8 Å². The number of allylic oxidation sites excluding steroid dienone is 1. The van der Waals surface area contributed by atoms with E-state index in [1.807, 2.05) is 13.8 Å². The van der Waals surface area contributed by atoms with Gasteiger partial charge < -0.3 is 10.8 Å². The van der Waals surface area contributed by atoms with Crippen LogP contribution in [0.1, 0.15) is 20.8 Å². The number of nitrogens with two attached hydrogens (primary N) is 1. The summed E-state index contributed by atoms with van der Waals surface area (Å²) in [5.74, 6) is -1.34. The maximum atomic E-state index is 12.3. The van der Waals surface area contributed by atoms with Gasteiger partial charge in [-0.25, -0.2) is 17.4 Å². The number of nitrogens with zero attached hydrogens (tertiary/aromatic N) is 2. The molecule has 7 nitrogen and oxygen atoms in total. The average molecular weight is 497 g/mol. The van der Waals surface area contributed by atoms with Crippen LogP contribution in [-0.4, -0.2) is 28.3 Å². The van der Waals surface area contributed by atoms with E-state index >= 15 is 0 Å². The zero-order chi connectivity index (χ0) is 16.2. The van der Waals surface area contributed by atoms with Crippen LogP contribution in [0.15, 0.2) is 24.6 Å². The molecule has 0 aliphatic heterocycles. The number of aliphatic hydroxyl groups excluding tert-OH is 1. The monoisotopic (exact) mass is 494 g/mol. The van der Waals surface area contributed by atoms with Gasteiger partial charge in [0.25, 0.3) is 10.0 Å². The summed E-state index contributed by atoms with van der Waals surface area (Å²) in [7, 11) is -4.23. The summed E-state index contributed by atoms with van der Waals surface area (Å²) in [4.78, 5) is 3.15. The van der Waals surface area contributed by atoms with Crippen LogP contribution in [0.3, 0.4) is 0 Å². The topological polar surface area (TPSA) is 122 Å². The van der Waals surface area contributed by atoms with Gasteiger partial charge in [0.05, 0.1) is 0 Å². The fraction of sp³-hybridized carbons (Fsp3) is 0.333. The summed E-state index contributed by atoms with van der Waals surface area (Å²) in [5.41, 5.74) is 5.18. The molecule has 0 aliphatic carbocycles. The van der Waals surface area contributed by atoms with E-state index in [9.17, 15) is 13.5 Å². The van der Waals surface area contributed by atoms with Crippen molar-refractivity contribution in [3.63, 3.8) is 0 Å². The fourth-order valence-corrected chi connectivity index (χ4v) is 5.22. The molecule has 114 valence electrons. The largest absolute Gasteiger partial charge is 0.511 e. The first-order valence-electron chi connectivity index (χ1n) is 5.19. The molecule has 0 saturated heterocycles. The molecule has 20 heavy (non-hydrogen) atoms. The standard InChI is InChI=1S/C7H7Br3N4O3S.C2H6/c1-2(15)3(6(11)12)18(16,17)14-5(9)4(8)13-7(14)10;1-2/h15H,1H3,(H3,11,12);1-2H3/b3-2+;. The van der Waals surface area contributed by atoms with Gasteiger partial charge in [0.1, 0.15) is 20.8 Å².